The SMILES string of the molecule is CCCCC/C=C\C/C=C\C/C=C\C/C=C\CCCCCC(=O)OC[C@H](COP(=O)([O-])OCC[N+](C)(C)C)OC(=O)CCCCCCC/C=C\C=C\C(=O)CCCCC. The largest absolute Gasteiger partial charge is 0.756 e. The van der Waals surface area contributed by atoms with Gasteiger partial charge < -0.3 is 27.9 Å². The summed E-state index contributed by atoms with van der Waals surface area (Å²) in [6.07, 6.45) is 44.8. The zero-order valence-electron chi connectivity index (χ0n) is 37.7. The fourth-order valence-corrected chi connectivity index (χ4v) is 6.29. The van der Waals surface area contributed by atoms with Crippen molar-refractivity contribution in [1.82, 2.24) is 0 Å². The Morgan fingerprint density at radius 3 is 1.68 bits per heavy atom. The van der Waals surface area contributed by atoms with Gasteiger partial charge in [0.15, 0.2) is 11.9 Å². The summed E-state index contributed by atoms with van der Waals surface area (Å²) in [5.41, 5.74) is 0. The lowest BCUT2D eigenvalue weighted by molar-refractivity contribution is -0.870. The fourth-order valence-electron chi connectivity index (χ4n) is 5.56. The molecule has 0 rings (SSSR count). The van der Waals surface area contributed by atoms with E-state index in [9.17, 15) is 23.8 Å². The molecule has 0 N–H and O–H groups in total. The highest BCUT2D eigenvalue weighted by Crippen LogP contribution is 2.38. The van der Waals surface area contributed by atoms with Crippen LogP contribution in [-0.2, 0) is 37.5 Å². The number of carbonyl (C=O) groups excluding carboxylic acids is 3. The third kappa shape index (κ3) is 43.0. The molecule has 10 nitrogen and oxygen atoms in total. The van der Waals surface area contributed by atoms with Crippen LogP contribution in [0.25, 0.3) is 0 Å². The Morgan fingerprint density at radius 2 is 1.07 bits per heavy atom. The molecule has 0 aliphatic heterocycles. The van der Waals surface area contributed by atoms with Crippen molar-refractivity contribution in [3.8, 4) is 0 Å². The molecule has 2 atom stereocenters. The van der Waals surface area contributed by atoms with Gasteiger partial charge in [-0.3, -0.25) is 18.9 Å². The average molecular weight is 848 g/mol. The first-order valence-electron chi connectivity index (χ1n) is 22.6. The summed E-state index contributed by atoms with van der Waals surface area (Å²) in [5.74, 6) is -0.769. The molecule has 0 aromatic rings. The van der Waals surface area contributed by atoms with Gasteiger partial charge in [0.05, 0.1) is 27.7 Å². The maximum atomic E-state index is 12.7. The number of allylic oxidation sites excluding steroid dienone is 12. The molecule has 1 unspecified atom stereocenters. The third-order valence-corrected chi connectivity index (χ3v) is 10.1. The van der Waals surface area contributed by atoms with Crippen LogP contribution in [0.2, 0.25) is 0 Å². The first-order chi connectivity index (χ1) is 28.4. The highest BCUT2D eigenvalue weighted by Gasteiger charge is 2.21. The molecule has 0 aliphatic rings. The lowest BCUT2D eigenvalue weighted by Gasteiger charge is -2.28. The number of hydrogen-bond donors (Lipinski definition) is 0. The van der Waals surface area contributed by atoms with Gasteiger partial charge in [-0.05, 0) is 83.1 Å². The van der Waals surface area contributed by atoms with Gasteiger partial charge in [0.1, 0.15) is 19.8 Å². The normalized spacial score (nSPS) is 14.1. The summed E-state index contributed by atoms with van der Waals surface area (Å²) in [6.45, 7) is 3.93. The number of esters is 2. The van der Waals surface area contributed by atoms with Crippen molar-refractivity contribution in [3.63, 3.8) is 0 Å². The van der Waals surface area contributed by atoms with Crippen LogP contribution in [0.3, 0.4) is 0 Å². The number of phosphoric ester groups is 1. The van der Waals surface area contributed by atoms with Crippen LogP contribution < -0.4 is 4.89 Å². The highest BCUT2D eigenvalue weighted by molar-refractivity contribution is 7.45. The van der Waals surface area contributed by atoms with Gasteiger partial charge in [-0.2, -0.15) is 0 Å². The van der Waals surface area contributed by atoms with Crippen molar-refractivity contribution in [2.75, 3.05) is 47.5 Å². The molecule has 11 heteroatoms. The molecule has 0 bridgehead atoms. The summed E-state index contributed by atoms with van der Waals surface area (Å²) in [5, 5.41) is 0. The Morgan fingerprint density at radius 1 is 0.576 bits per heavy atom. The molecule has 0 aliphatic carbocycles. The zero-order valence-corrected chi connectivity index (χ0v) is 38.6. The number of nitrogens with zero attached hydrogens (tertiary/aromatic N) is 1. The molecule has 0 aromatic carbocycles. The number of carbonyl (C=O) groups is 3. The molecule has 0 spiro atoms. The van der Waals surface area contributed by atoms with Crippen molar-refractivity contribution >= 4 is 25.5 Å². The van der Waals surface area contributed by atoms with E-state index < -0.39 is 32.5 Å². The van der Waals surface area contributed by atoms with Gasteiger partial charge in [-0.1, -0.05) is 132 Å². The second kappa shape index (κ2) is 39.3. The number of unbranched alkanes of at least 4 members (excludes halogenated alkanes) is 13. The Hall–Kier alpha value is -2.88. The number of phosphoric acid groups is 1. The van der Waals surface area contributed by atoms with Crippen molar-refractivity contribution in [2.24, 2.45) is 0 Å². The summed E-state index contributed by atoms with van der Waals surface area (Å²) in [4.78, 5) is 49.3. The summed E-state index contributed by atoms with van der Waals surface area (Å²) >= 11 is 0. The summed E-state index contributed by atoms with van der Waals surface area (Å²) in [6, 6.07) is 0. The molecular weight excluding hydrogens is 765 g/mol. The molecule has 0 fully saturated rings. The molecule has 0 radical (unpaired) electrons. The van der Waals surface area contributed by atoms with Crippen LogP contribution in [0.5, 0.6) is 0 Å². The Labute approximate surface area is 359 Å². The smallest absolute Gasteiger partial charge is 0.306 e. The van der Waals surface area contributed by atoms with Crippen molar-refractivity contribution in [3.05, 3.63) is 72.9 Å². The van der Waals surface area contributed by atoms with Gasteiger partial charge in [0, 0.05) is 19.3 Å². The third-order valence-electron chi connectivity index (χ3n) is 9.18. The van der Waals surface area contributed by atoms with Crippen LogP contribution >= 0.6 is 7.82 Å². The van der Waals surface area contributed by atoms with Crippen LogP contribution in [0, 0.1) is 0 Å². The van der Waals surface area contributed by atoms with E-state index in [1.165, 1.54) is 25.7 Å². The monoisotopic (exact) mass is 848 g/mol. The van der Waals surface area contributed by atoms with E-state index in [0.717, 1.165) is 89.9 Å². The maximum Gasteiger partial charge on any atom is 0.306 e. The van der Waals surface area contributed by atoms with Crippen LogP contribution in [0.15, 0.2) is 72.9 Å². The minimum atomic E-state index is -4.66. The van der Waals surface area contributed by atoms with E-state index in [1.807, 2.05) is 33.3 Å². The predicted octanol–water partition coefficient (Wildman–Crippen LogP) is 11.6. The van der Waals surface area contributed by atoms with Gasteiger partial charge in [-0.15, -0.1) is 0 Å². The second-order valence-electron chi connectivity index (χ2n) is 16.1. The number of rotatable bonds is 40. The quantitative estimate of drug-likeness (QED) is 0.0113. The Balaban J connectivity index is 4.48. The molecule has 0 amide bonds. The van der Waals surface area contributed by atoms with Gasteiger partial charge >= 0.3 is 11.9 Å². The second-order valence-corrected chi connectivity index (χ2v) is 17.5. The highest BCUT2D eigenvalue weighted by atomic mass is 31.2. The van der Waals surface area contributed by atoms with E-state index in [2.05, 4.69) is 68.5 Å². The molecule has 0 saturated carbocycles. The summed E-state index contributed by atoms with van der Waals surface area (Å²) < 4.78 is 33.8. The van der Waals surface area contributed by atoms with Crippen molar-refractivity contribution in [1.29, 1.82) is 0 Å². The molecule has 0 aromatic heterocycles. The molecule has 0 heterocycles. The maximum absolute atomic E-state index is 12.7. The number of quaternary nitrogens is 1. The van der Waals surface area contributed by atoms with E-state index in [-0.39, 0.29) is 31.8 Å². The Bertz CT molecular complexity index is 1300. The topological polar surface area (TPSA) is 128 Å². The lowest BCUT2D eigenvalue weighted by Crippen LogP contribution is -2.37. The standard InChI is InChI=1S/C48H82NO9P/c1-6-8-10-11-12-13-14-15-16-17-18-19-20-21-22-25-28-31-35-39-47(51)55-43-46(44-57-59(53,54)56-42-41-49(3,4)5)58-48(52)40-36-32-29-26-23-24-27-30-34-38-45(50)37-33-9-7-2/h12-13,15-16,18-19,21-22,27,30,34,38,46H,6-11,14,17,20,23-26,28-29,31-33,35-37,39-44H2,1-5H3/b13-12-,16-15-,19-18-,22-21-,30-27-,38-34+/t46-/m1/s1. The van der Waals surface area contributed by atoms with Crippen LogP contribution in [0.1, 0.15) is 162 Å². The lowest BCUT2D eigenvalue weighted by atomic mass is 10.1. The first-order valence-corrected chi connectivity index (χ1v) is 24.1. The van der Waals surface area contributed by atoms with Crippen LogP contribution in [-0.4, -0.2) is 75.8 Å². The number of likely N-dealkylation sites (N-methyl/N-ethyl adjacent to an activating group) is 1. The number of hydrogen-bond acceptors (Lipinski definition) is 9. The average Bonchev–Trinajstić information content (AvgIpc) is 3.18. The minimum absolute atomic E-state index is 0.0559. The Kier molecular flexibility index (Phi) is 37.4. The van der Waals surface area contributed by atoms with E-state index >= 15 is 0 Å². The molecule has 0 saturated heterocycles. The molecule has 59 heavy (non-hydrogen) atoms. The first kappa shape index (κ1) is 56.1. The van der Waals surface area contributed by atoms with Crippen LogP contribution in [0.4, 0.5) is 0 Å². The zero-order chi connectivity index (χ0) is 43.7. The predicted molar refractivity (Wildman–Crippen MR) is 241 cm³/mol. The minimum Gasteiger partial charge on any atom is -0.756 e. The summed E-state index contributed by atoms with van der Waals surface area (Å²) in [7, 11) is 1.08. The van der Waals surface area contributed by atoms with Crippen molar-refractivity contribution in [2.45, 2.75) is 168 Å². The number of ether oxygens (including phenoxy) is 2. The van der Waals surface area contributed by atoms with Crippen molar-refractivity contribution < 1.29 is 46.8 Å². The fraction of sp³-hybridized carbons (Fsp3) is 0.688. The van der Waals surface area contributed by atoms with E-state index in [4.69, 9.17) is 18.5 Å². The molecular formula is C48H82NO9P. The van der Waals surface area contributed by atoms with Gasteiger partial charge in [0.2, 0.25) is 0 Å². The number of ketones is 1. The van der Waals surface area contributed by atoms with E-state index in [0.29, 0.717) is 30.3 Å². The molecule has 338 valence electrons. The van der Waals surface area contributed by atoms with Gasteiger partial charge in [0.25, 0.3) is 7.82 Å². The van der Waals surface area contributed by atoms with E-state index in [1.54, 1.807) is 6.08 Å². The van der Waals surface area contributed by atoms with Gasteiger partial charge in [-0.25, -0.2) is 0 Å².